The molecular weight excluding hydrogens is 366 g/mol. The van der Waals surface area contributed by atoms with Gasteiger partial charge in [0, 0.05) is 35.5 Å². The summed E-state index contributed by atoms with van der Waals surface area (Å²) in [6, 6.07) is 1.97. The third-order valence-electron chi connectivity index (χ3n) is 4.05. The first-order chi connectivity index (χ1) is 11.5. The third kappa shape index (κ3) is 3.85. The second-order valence-electron chi connectivity index (χ2n) is 5.60. The quantitative estimate of drug-likeness (QED) is 0.857. The lowest BCUT2D eigenvalue weighted by Crippen LogP contribution is -2.46. The molecule has 6 nitrogen and oxygen atoms in total. The van der Waals surface area contributed by atoms with Gasteiger partial charge < -0.3 is 5.32 Å². The van der Waals surface area contributed by atoms with Crippen molar-refractivity contribution in [3.8, 4) is 10.6 Å². The number of sulfonamides is 1. The number of aromatic nitrogens is 1. The van der Waals surface area contributed by atoms with E-state index < -0.39 is 10.0 Å². The Hall–Kier alpha value is -1.29. The van der Waals surface area contributed by atoms with Gasteiger partial charge in [0.25, 0.3) is 5.91 Å². The van der Waals surface area contributed by atoms with Gasteiger partial charge in [0.1, 0.15) is 10.7 Å². The Bertz CT molecular complexity index is 791. The predicted octanol–water partition coefficient (Wildman–Crippen LogP) is 2.42. The Balaban J connectivity index is 1.57. The summed E-state index contributed by atoms with van der Waals surface area (Å²) in [7, 11) is -3.14. The van der Waals surface area contributed by atoms with Crippen LogP contribution in [0.4, 0.5) is 0 Å². The summed E-state index contributed by atoms with van der Waals surface area (Å²) >= 11 is 3.05. The number of piperidine rings is 1. The van der Waals surface area contributed by atoms with E-state index in [1.807, 2.05) is 16.8 Å². The summed E-state index contributed by atoms with van der Waals surface area (Å²) in [6.07, 6.45) is 1.26. The van der Waals surface area contributed by atoms with E-state index in [-0.39, 0.29) is 17.7 Å². The summed E-state index contributed by atoms with van der Waals surface area (Å²) < 4.78 is 25.2. The van der Waals surface area contributed by atoms with E-state index in [9.17, 15) is 13.2 Å². The number of rotatable bonds is 5. The van der Waals surface area contributed by atoms with E-state index >= 15 is 0 Å². The number of carbonyl (C=O) groups excluding carboxylic acids is 1. The summed E-state index contributed by atoms with van der Waals surface area (Å²) in [5.41, 5.74) is 1.45. The topological polar surface area (TPSA) is 79.4 Å². The van der Waals surface area contributed by atoms with Crippen LogP contribution in [0.3, 0.4) is 0 Å². The first kappa shape index (κ1) is 17.5. The van der Waals surface area contributed by atoms with Crippen LogP contribution in [0.25, 0.3) is 10.6 Å². The molecule has 1 aliphatic heterocycles. The molecule has 2 aromatic rings. The van der Waals surface area contributed by atoms with Crippen molar-refractivity contribution in [2.24, 2.45) is 0 Å². The Morgan fingerprint density at radius 3 is 2.75 bits per heavy atom. The van der Waals surface area contributed by atoms with Crippen LogP contribution in [-0.2, 0) is 10.0 Å². The summed E-state index contributed by atoms with van der Waals surface area (Å²) in [4.78, 5) is 16.7. The molecule has 0 bridgehead atoms. The van der Waals surface area contributed by atoms with Gasteiger partial charge in [-0.3, -0.25) is 4.79 Å². The molecule has 0 spiro atoms. The zero-order chi connectivity index (χ0) is 17.2. The van der Waals surface area contributed by atoms with Gasteiger partial charge in [-0.2, -0.15) is 11.3 Å². The number of thiazole rings is 1. The zero-order valence-electron chi connectivity index (χ0n) is 13.3. The van der Waals surface area contributed by atoms with Gasteiger partial charge in [-0.25, -0.2) is 17.7 Å². The predicted molar refractivity (Wildman–Crippen MR) is 96.9 cm³/mol. The highest BCUT2D eigenvalue weighted by Crippen LogP contribution is 2.25. The molecule has 0 atom stereocenters. The fourth-order valence-corrected chi connectivity index (χ4v) is 5.26. The van der Waals surface area contributed by atoms with Gasteiger partial charge in [0.05, 0.1) is 5.75 Å². The maximum atomic E-state index is 12.3. The second-order valence-corrected chi connectivity index (χ2v) is 9.49. The van der Waals surface area contributed by atoms with Gasteiger partial charge in [-0.05, 0) is 31.2 Å². The first-order valence-corrected chi connectivity index (χ1v) is 11.2. The highest BCUT2D eigenvalue weighted by atomic mass is 32.2. The fraction of sp³-hybridized carbons (Fsp3) is 0.467. The number of hydrogen-bond donors (Lipinski definition) is 1. The van der Waals surface area contributed by atoms with Crippen LogP contribution in [0.15, 0.2) is 22.2 Å². The summed E-state index contributed by atoms with van der Waals surface area (Å²) in [5, 5.41) is 9.56. The van der Waals surface area contributed by atoms with Crippen molar-refractivity contribution >= 4 is 38.6 Å². The van der Waals surface area contributed by atoms with Gasteiger partial charge >= 0.3 is 0 Å². The molecule has 130 valence electrons. The van der Waals surface area contributed by atoms with E-state index in [2.05, 4.69) is 10.3 Å². The van der Waals surface area contributed by atoms with Crippen LogP contribution < -0.4 is 5.32 Å². The van der Waals surface area contributed by atoms with Gasteiger partial charge in [-0.1, -0.05) is 0 Å². The minimum Gasteiger partial charge on any atom is -0.348 e. The van der Waals surface area contributed by atoms with Crippen molar-refractivity contribution in [2.45, 2.75) is 25.8 Å². The molecule has 0 aromatic carbocycles. The van der Waals surface area contributed by atoms with Crippen molar-refractivity contribution in [3.05, 3.63) is 27.9 Å². The Kier molecular flexibility index (Phi) is 5.33. The minimum atomic E-state index is -3.14. The molecule has 9 heteroatoms. The van der Waals surface area contributed by atoms with E-state index in [4.69, 9.17) is 0 Å². The smallest absolute Gasteiger partial charge is 0.270 e. The number of nitrogens with zero attached hydrogens (tertiary/aromatic N) is 2. The third-order valence-corrected chi connectivity index (χ3v) is 7.51. The van der Waals surface area contributed by atoms with Crippen LogP contribution in [0.2, 0.25) is 0 Å². The molecule has 1 saturated heterocycles. The molecule has 1 N–H and O–H groups in total. The molecule has 3 heterocycles. The van der Waals surface area contributed by atoms with Crippen molar-refractivity contribution in [1.29, 1.82) is 0 Å². The van der Waals surface area contributed by atoms with E-state index in [1.54, 1.807) is 23.6 Å². The SMILES string of the molecule is CCS(=O)(=O)N1CCC(NC(=O)c2csc(-c3ccsc3)n2)CC1. The van der Waals surface area contributed by atoms with Gasteiger partial charge in [0.2, 0.25) is 10.0 Å². The number of amides is 1. The van der Waals surface area contributed by atoms with Crippen molar-refractivity contribution in [2.75, 3.05) is 18.8 Å². The average Bonchev–Trinajstić information content (AvgIpc) is 3.26. The fourth-order valence-electron chi connectivity index (χ4n) is 2.62. The van der Waals surface area contributed by atoms with Crippen molar-refractivity contribution in [1.82, 2.24) is 14.6 Å². The van der Waals surface area contributed by atoms with Crippen molar-refractivity contribution in [3.63, 3.8) is 0 Å². The monoisotopic (exact) mass is 385 g/mol. The normalized spacial score (nSPS) is 17.0. The molecule has 2 aromatic heterocycles. The molecule has 1 aliphatic rings. The maximum absolute atomic E-state index is 12.3. The number of hydrogen-bond acceptors (Lipinski definition) is 6. The van der Waals surface area contributed by atoms with E-state index in [1.165, 1.54) is 15.6 Å². The maximum Gasteiger partial charge on any atom is 0.270 e. The van der Waals surface area contributed by atoms with Crippen LogP contribution in [-0.4, -0.2) is 48.5 Å². The standard InChI is InChI=1S/C15H19N3O3S3/c1-2-24(20,21)18-6-3-12(4-7-18)16-14(19)13-10-23-15(17-13)11-5-8-22-9-11/h5,8-10,12H,2-4,6-7H2,1H3,(H,16,19). The second kappa shape index (κ2) is 7.30. The summed E-state index contributed by atoms with van der Waals surface area (Å²) in [5.74, 6) is -0.0710. The Morgan fingerprint density at radius 1 is 1.38 bits per heavy atom. The lowest BCUT2D eigenvalue weighted by Gasteiger charge is -2.31. The van der Waals surface area contributed by atoms with Crippen molar-refractivity contribution < 1.29 is 13.2 Å². The Morgan fingerprint density at radius 2 is 2.12 bits per heavy atom. The van der Waals surface area contributed by atoms with Crippen LogP contribution in [0.5, 0.6) is 0 Å². The summed E-state index contributed by atoms with van der Waals surface area (Å²) in [6.45, 7) is 2.56. The van der Waals surface area contributed by atoms with Crippen LogP contribution in [0.1, 0.15) is 30.3 Å². The molecular formula is C15H19N3O3S3. The first-order valence-electron chi connectivity index (χ1n) is 7.76. The highest BCUT2D eigenvalue weighted by Gasteiger charge is 2.27. The van der Waals surface area contributed by atoms with E-state index in [0.717, 1.165) is 10.6 Å². The number of thiophene rings is 1. The van der Waals surface area contributed by atoms with Gasteiger partial charge in [0.15, 0.2) is 0 Å². The molecule has 1 amide bonds. The van der Waals surface area contributed by atoms with Crippen LogP contribution in [0, 0.1) is 0 Å². The molecule has 24 heavy (non-hydrogen) atoms. The highest BCUT2D eigenvalue weighted by molar-refractivity contribution is 7.89. The molecule has 0 radical (unpaired) electrons. The average molecular weight is 386 g/mol. The van der Waals surface area contributed by atoms with Gasteiger partial charge in [-0.15, -0.1) is 11.3 Å². The molecule has 1 fully saturated rings. The minimum absolute atomic E-state index is 0.00731. The number of carbonyl (C=O) groups is 1. The number of nitrogens with one attached hydrogen (secondary N) is 1. The lowest BCUT2D eigenvalue weighted by atomic mass is 10.1. The largest absolute Gasteiger partial charge is 0.348 e. The van der Waals surface area contributed by atoms with Crippen LogP contribution >= 0.6 is 22.7 Å². The molecule has 3 rings (SSSR count). The lowest BCUT2D eigenvalue weighted by molar-refractivity contribution is 0.0919. The molecule has 0 aliphatic carbocycles. The van der Waals surface area contributed by atoms with E-state index in [0.29, 0.717) is 31.6 Å². The molecule has 0 unspecified atom stereocenters. The Labute approximate surface area is 149 Å². The zero-order valence-corrected chi connectivity index (χ0v) is 15.7. The molecule has 0 saturated carbocycles.